The van der Waals surface area contributed by atoms with E-state index in [1.807, 2.05) is 6.92 Å². The van der Waals surface area contributed by atoms with E-state index in [0.717, 1.165) is 0 Å². The second-order valence-corrected chi connectivity index (χ2v) is 5.42. The number of amides is 2. The molecule has 2 atom stereocenters. The van der Waals surface area contributed by atoms with Gasteiger partial charge in [-0.15, -0.1) is 0 Å². The van der Waals surface area contributed by atoms with Crippen LogP contribution in [0.2, 0.25) is 0 Å². The van der Waals surface area contributed by atoms with Crippen molar-refractivity contribution in [2.45, 2.75) is 25.1 Å². The van der Waals surface area contributed by atoms with Gasteiger partial charge in [-0.3, -0.25) is 9.59 Å². The van der Waals surface area contributed by atoms with Gasteiger partial charge in [-0.1, -0.05) is 15.9 Å². The van der Waals surface area contributed by atoms with Crippen molar-refractivity contribution in [1.29, 1.82) is 0 Å². The molecule has 0 saturated carbocycles. The molecule has 1 aliphatic rings. The number of alkyl halides is 1. The van der Waals surface area contributed by atoms with E-state index in [-0.39, 0.29) is 16.6 Å². The summed E-state index contributed by atoms with van der Waals surface area (Å²) in [5, 5.41) is 0. The molecule has 0 aromatic heterocycles. The summed E-state index contributed by atoms with van der Waals surface area (Å²) < 4.78 is 0. The Bertz CT molecular complexity index is 268. The zero-order valence-electron chi connectivity index (χ0n) is 8.42. The van der Waals surface area contributed by atoms with Gasteiger partial charge >= 0.3 is 0 Å². The molecule has 1 aliphatic heterocycles. The van der Waals surface area contributed by atoms with Gasteiger partial charge in [0.05, 0.1) is 10.2 Å². The van der Waals surface area contributed by atoms with Crippen LogP contribution in [0, 0.1) is 5.41 Å². The highest BCUT2D eigenvalue weighted by Gasteiger charge is 2.41. The summed E-state index contributed by atoms with van der Waals surface area (Å²) in [6.07, 6.45) is 0.661. The topological polar surface area (TPSA) is 63.4 Å². The Labute approximate surface area is 91.9 Å². The molecular formula is C9H15BrN2O2. The van der Waals surface area contributed by atoms with E-state index in [9.17, 15) is 9.59 Å². The highest BCUT2D eigenvalue weighted by molar-refractivity contribution is 9.10. The molecule has 5 heteroatoms. The molecule has 80 valence electrons. The molecule has 2 N–H and O–H groups in total. The van der Waals surface area contributed by atoms with Crippen LogP contribution in [-0.4, -0.2) is 34.6 Å². The first-order valence-electron chi connectivity index (χ1n) is 4.59. The van der Waals surface area contributed by atoms with Crippen LogP contribution in [0.15, 0.2) is 0 Å². The van der Waals surface area contributed by atoms with Gasteiger partial charge in [0.25, 0.3) is 0 Å². The molecule has 2 amide bonds. The number of carbonyl (C=O) groups excluding carboxylic acids is 2. The zero-order valence-corrected chi connectivity index (χ0v) is 10.0. The molecule has 14 heavy (non-hydrogen) atoms. The van der Waals surface area contributed by atoms with E-state index in [0.29, 0.717) is 19.5 Å². The third-order valence-corrected chi connectivity index (χ3v) is 3.11. The summed E-state index contributed by atoms with van der Waals surface area (Å²) in [5.74, 6) is -0.301. The average Bonchev–Trinajstić information content (AvgIpc) is 2.48. The van der Waals surface area contributed by atoms with Gasteiger partial charge in [0.15, 0.2) is 0 Å². The van der Waals surface area contributed by atoms with Gasteiger partial charge in [0, 0.05) is 13.1 Å². The van der Waals surface area contributed by atoms with Gasteiger partial charge < -0.3 is 10.6 Å². The van der Waals surface area contributed by atoms with Crippen LogP contribution < -0.4 is 5.73 Å². The Morgan fingerprint density at radius 3 is 2.50 bits per heavy atom. The fourth-order valence-electron chi connectivity index (χ4n) is 1.60. The number of hydrogen-bond acceptors (Lipinski definition) is 2. The van der Waals surface area contributed by atoms with E-state index in [4.69, 9.17) is 5.73 Å². The van der Waals surface area contributed by atoms with Gasteiger partial charge in [0.2, 0.25) is 11.8 Å². The lowest BCUT2D eigenvalue weighted by molar-refractivity contribution is -0.130. The Morgan fingerprint density at radius 2 is 2.14 bits per heavy atom. The lowest BCUT2D eigenvalue weighted by atomic mass is 9.89. The van der Waals surface area contributed by atoms with Crippen molar-refractivity contribution in [3.05, 3.63) is 0 Å². The van der Waals surface area contributed by atoms with E-state index >= 15 is 0 Å². The van der Waals surface area contributed by atoms with Crippen molar-refractivity contribution in [2.75, 3.05) is 13.1 Å². The number of carbonyl (C=O) groups is 2. The monoisotopic (exact) mass is 262 g/mol. The summed E-state index contributed by atoms with van der Waals surface area (Å²) in [4.78, 5) is 24.2. The molecule has 1 rings (SSSR count). The SMILES string of the molecule is CC(Br)C(=O)N1CCC(C)(C(N)=O)C1. The summed E-state index contributed by atoms with van der Waals surface area (Å²) >= 11 is 3.22. The Hall–Kier alpha value is -0.580. The van der Waals surface area contributed by atoms with Crippen LogP contribution in [0.25, 0.3) is 0 Å². The molecule has 0 spiro atoms. The van der Waals surface area contributed by atoms with Crippen molar-refractivity contribution in [3.8, 4) is 0 Å². The molecular weight excluding hydrogens is 248 g/mol. The molecule has 0 aromatic rings. The number of likely N-dealkylation sites (tertiary alicyclic amines) is 1. The minimum atomic E-state index is -0.544. The quantitative estimate of drug-likeness (QED) is 0.737. The van der Waals surface area contributed by atoms with Gasteiger partial charge in [-0.2, -0.15) is 0 Å². The minimum Gasteiger partial charge on any atom is -0.369 e. The maximum atomic E-state index is 11.6. The van der Waals surface area contributed by atoms with Gasteiger partial charge in [-0.25, -0.2) is 0 Å². The van der Waals surface area contributed by atoms with Crippen molar-refractivity contribution < 1.29 is 9.59 Å². The lowest BCUT2D eigenvalue weighted by Crippen LogP contribution is -2.40. The van der Waals surface area contributed by atoms with Crippen LogP contribution in [0.4, 0.5) is 0 Å². The predicted octanol–water partition coefficient (Wildman–Crippen LogP) is 0.494. The molecule has 1 fully saturated rings. The number of rotatable bonds is 2. The first-order valence-corrected chi connectivity index (χ1v) is 5.51. The molecule has 1 saturated heterocycles. The van der Waals surface area contributed by atoms with E-state index in [1.54, 1.807) is 11.8 Å². The molecule has 0 radical (unpaired) electrons. The minimum absolute atomic E-state index is 0.0231. The average molecular weight is 263 g/mol. The van der Waals surface area contributed by atoms with Crippen LogP contribution in [0.5, 0.6) is 0 Å². The maximum absolute atomic E-state index is 11.6. The van der Waals surface area contributed by atoms with Crippen LogP contribution in [0.1, 0.15) is 20.3 Å². The highest BCUT2D eigenvalue weighted by Crippen LogP contribution is 2.30. The van der Waals surface area contributed by atoms with Gasteiger partial charge in [-0.05, 0) is 20.3 Å². The maximum Gasteiger partial charge on any atom is 0.236 e. The fraction of sp³-hybridized carbons (Fsp3) is 0.778. The Kier molecular flexibility index (Phi) is 3.19. The highest BCUT2D eigenvalue weighted by atomic mass is 79.9. The van der Waals surface area contributed by atoms with Crippen molar-refractivity contribution in [1.82, 2.24) is 4.90 Å². The number of nitrogens with zero attached hydrogens (tertiary/aromatic N) is 1. The first-order chi connectivity index (χ1) is 6.37. The van der Waals surface area contributed by atoms with Gasteiger partial charge in [0.1, 0.15) is 0 Å². The number of halogens is 1. The van der Waals surface area contributed by atoms with E-state index in [1.165, 1.54) is 0 Å². The number of primary amides is 1. The Morgan fingerprint density at radius 1 is 1.57 bits per heavy atom. The van der Waals surface area contributed by atoms with Crippen molar-refractivity contribution in [2.24, 2.45) is 11.1 Å². The summed E-state index contributed by atoms with van der Waals surface area (Å²) in [5.41, 5.74) is 4.74. The normalized spacial score (nSPS) is 28.9. The summed E-state index contributed by atoms with van der Waals surface area (Å²) in [6, 6.07) is 0. The fourth-order valence-corrected chi connectivity index (χ4v) is 1.89. The third kappa shape index (κ3) is 2.08. The second-order valence-electron chi connectivity index (χ2n) is 4.05. The zero-order chi connectivity index (χ0) is 10.9. The Balaban J connectivity index is 2.66. The van der Waals surface area contributed by atoms with Crippen molar-refractivity contribution >= 4 is 27.7 Å². The molecule has 1 heterocycles. The second kappa shape index (κ2) is 3.88. The van der Waals surface area contributed by atoms with Crippen LogP contribution in [-0.2, 0) is 9.59 Å². The number of nitrogens with two attached hydrogens (primary N) is 1. The molecule has 0 aliphatic carbocycles. The molecule has 0 aromatic carbocycles. The molecule has 4 nitrogen and oxygen atoms in total. The van der Waals surface area contributed by atoms with E-state index < -0.39 is 5.41 Å². The largest absolute Gasteiger partial charge is 0.369 e. The molecule has 2 unspecified atom stereocenters. The predicted molar refractivity (Wildman–Crippen MR) is 56.9 cm³/mol. The standard InChI is InChI=1S/C9H15BrN2O2/c1-6(10)7(13)12-4-3-9(2,5-12)8(11)14/h6H,3-5H2,1-2H3,(H2,11,14). The number of hydrogen-bond donors (Lipinski definition) is 1. The van der Waals surface area contributed by atoms with Crippen molar-refractivity contribution in [3.63, 3.8) is 0 Å². The lowest BCUT2D eigenvalue weighted by Gasteiger charge is -2.21. The summed E-state index contributed by atoms with van der Waals surface area (Å²) in [7, 11) is 0. The smallest absolute Gasteiger partial charge is 0.236 e. The van der Waals surface area contributed by atoms with Crippen LogP contribution >= 0.6 is 15.9 Å². The van der Waals surface area contributed by atoms with Crippen LogP contribution in [0.3, 0.4) is 0 Å². The first kappa shape index (κ1) is 11.5. The molecule has 0 bridgehead atoms. The third-order valence-electron chi connectivity index (χ3n) is 2.72. The summed E-state index contributed by atoms with van der Waals surface area (Å²) in [6.45, 7) is 4.65. The van der Waals surface area contributed by atoms with E-state index in [2.05, 4.69) is 15.9 Å².